The molecule has 0 N–H and O–H groups in total. The molecule has 0 aliphatic carbocycles. The van der Waals surface area contributed by atoms with Crippen LogP contribution in [0.25, 0.3) is 0 Å². The molecule has 0 saturated carbocycles. The lowest BCUT2D eigenvalue weighted by atomic mass is 10.2. The van der Waals surface area contributed by atoms with E-state index < -0.39 is 18.2 Å². The topological polar surface area (TPSA) is 0 Å². The van der Waals surface area contributed by atoms with Gasteiger partial charge in [-0.25, -0.2) is 0 Å². The Balaban J connectivity index is 5.04. The molecule has 0 radical (unpaired) electrons. The number of hydrogen-bond acceptors (Lipinski definition) is 0. The zero-order valence-corrected chi connectivity index (χ0v) is 12.4. The lowest BCUT2D eigenvalue weighted by Crippen LogP contribution is -2.52. The van der Waals surface area contributed by atoms with Crippen molar-refractivity contribution in [3.63, 3.8) is 0 Å². The van der Waals surface area contributed by atoms with Crippen LogP contribution in [0.4, 0.5) is 22.0 Å². The van der Waals surface area contributed by atoms with E-state index in [0.29, 0.717) is 0 Å². The smallest absolute Gasteiger partial charge is 0.194 e. The molecule has 0 saturated heterocycles. The molecule has 9 heteroatoms. The zero-order valence-electron chi connectivity index (χ0n) is 5.48. The van der Waals surface area contributed by atoms with Crippen LogP contribution in [0.5, 0.6) is 0 Å². The van der Waals surface area contributed by atoms with Crippen LogP contribution < -0.4 is 0 Å². The molecule has 0 bridgehead atoms. The lowest BCUT2D eigenvalue weighted by molar-refractivity contribution is -0.282. The van der Waals surface area contributed by atoms with Gasteiger partial charge in [0, 0.05) is 0 Å². The van der Waals surface area contributed by atoms with Gasteiger partial charge in [-0.2, -0.15) is 22.0 Å². The van der Waals surface area contributed by atoms with E-state index in [1.807, 2.05) is 0 Å². The third kappa shape index (κ3) is 2.90. The van der Waals surface area contributed by atoms with E-state index in [4.69, 9.17) is 0 Å². The van der Waals surface area contributed by atoms with Gasteiger partial charge in [-0.15, -0.1) is 0 Å². The van der Waals surface area contributed by atoms with Crippen molar-refractivity contribution in [2.75, 3.05) is 0 Å². The van der Waals surface area contributed by atoms with Gasteiger partial charge >= 0.3 is 12.1 Å². The monoisotopic (exact) mass is 508 g/mol. The van der Waals surface area contributed by atoms with Crippen molar-refractivity contribution in [3.05, 3.63) is 0 Å². The Morgan fingerprint density at radius 1 is 1.00 bits per heavy atom. The van der Waals surface area contributed by atoms with Gasteiger partial charge in [-0.1, -0.05) is 70.4 Å². The van der Waals surface area contributed by atoms with Crippen LogP contribution in [0.15, 0.2) is 0 Å². The van der Waals surface area contributed by atoms with Crippen molar-refractivity contribution in [2.24, 2.45) is 0 Å². The van der Waals surface area contributed by atoms with Crippen LogP contribution in [0, 0.1) is 0 Å². The van der Waals surface area contributed by atoms with E-state index in [9.17, 15) is 22.0 Å². The van der Waals surface area contributed by atoms with Gasteiger partial charge in [0.2, 0.25) is 0 Å². The third-order valence-electron chi connectivity index (χ3n) is 1.05. The molecule has 0 aromatic carbocycles. The Labute approximate surface area is 110 Å². The minimum Gasteiger partial charge on any atom is -0.194 e. The first kappa shape index (κ1) is 14.8. The number of alkyl halides is 9. The molecule has 0 aromatic rings. The van der Waals surface area contributed by atoms with Crippen LogP contribution in [0.3, 0.4) is 0 Å². The minimum absolute atomic E-state index is 1.13. The Kier molecular flexibility index (Phi) is 4.97. The maximum Gasteiger partial charge on any atom is 0.455 e. The normalized spacial score (nSPS) is 17.3. The van der Waals surface area contributed by atoms with Gasteiger partial charge in [-0.3, -0.25) is 0 Å². The third-order valence-corrected chi connectivity index (χ3v) is 7.52. The van der Waals surface area contributed by atoms with E-state index in [1.165, 1.54) is 22.6 Å². The molecule has 1 atom stereocenters. The van der Waals surface area contributed by atoms with Gasteiger partial charge in [0.15, 0.2) is 3.23 Å². The van der Waals surface area contributed by atoms with Gasteiger partial charge in [0.25, 0.3) is 0 Å². The standard InChI is InChI=1S/C4HBr3F5I/c5-1(13)2(6,7)3(8,9)4(10,11)12/h1H. The SMILES string of the molecule is FC(F)(F)C(F)(F)C(Br)(Br)C(Br)I. The second kappa shape index (κ2) is 4.36. The minimum atomic E-state index is -5.60. The van der Waals surface area contributed by atoms with Crippen LogP contribution in [-0.4, -0.2) is 18.2 Å². The fraction of sp³-hybridized carbons (Fsp3) is 1.00. The first-order valence-electron chi connectivity index (χ1n) is 2.55. The van der Waals surface area contributed by atoms with Gasteiger partial charge in [-0.05, 0) is 0 Å². The highest BCUT2D eigenvalue weighted by atomic mass is 127. The van der Waals surface area contributed by atoms with Crippen molar-refractivity contribution < 1.29 is 22.0 Å². The maximum absolute atomic E-state index is 12.7. The number of rotatable bonds is 2. The van der Waals surface area contributed by atoms with Crippen LogP contribution in [-0.2, 0) is 0 Å². The summed E-state index contributed by atoms with van der Waals surface area (Å²) in [6.07, 6.45) is -5.60. The number of hydrogen-bond donors (Lipinski definition) is 0. The molecular formula is C4HBr3F5I. The van der Waals surface area contributed by atoms with Gasteiger partial charge < -0.3 is 0 Å². The molecule has 0 aromatic heterocycles. The van der Waals surface area contributed by atoms with Crippen molar-refractivity contribution in [1.82, 2.24) is 0 Å². The summed E-state index contributed by atoms with van der Waals surface area (Å²) in [5, 5.41) is 0. The summed E-state index contributed by atoms with van der Waals surface area (Å²) in [5.41, 5.74) is 0. The fourth-order valence-electron chi connectivity index (χ4n) is 0.326. The van der Waals surface area contributed by atoms with Crippen LogP contribution in [0.1, 0.15) is 0 Å². The Hall–Kier alpha value is 1.82. The van der Waals surface area contributed by atoms with Crippen LogP contribution in [0.2, 0.25) is 0 Å². The van der Waals surface area contributed by atoms with Crippen molar-refractivity contribution >= 4 is 70.4 Å². The summed E-state index contributed by atoms with van der Waals surface area (Å²) in [7, 11) is 0. The molecule has 1 unspecified atom stereocenters. The molecule has 0 heterocycles. The maximum atomic E-state index is 12.7. The highest BCUT2D eigenvalue weighted by Gasteiger charge is 2.70. The van der Waals surface area contributed by atoms with E-state index in [2.05, 4.69) is 47.8 Å². The Morgan fingerprint density at radius 3 is 1.38 bits per heavy atom. The predicted octanol–water partition coefficient (Wildman–Crippen LogP) is 4.83. The van der Waals surface area contributed by atoms with E-state index in [1.54, 1.807) is 0 Å². The second-order valence-electron chi connectivity index (χ2n) is 2.00. The first-order valence-corrected chi connectivity index (χ1v) is 6.30. The molecule has 0 aliphatic rings. The van der Waals surface area contributed by atoms with Gasteiger partial charge in [0.1, 0.15) is 0 Å². The average Bonchev–Trinajstić information content (AvgIpc) is 1.84. The van der Waals surface area contributed by atoms with E-state index >= 15 is 0 Å². The van der Waals surface area contributed by atoms with Crippen molar-refractivity contribution in [2.45, 2.75) is 18.2 Å². The summed E-state index contributed by atoms with van der Waals surface area (Å²) in [6, 6.07) is 0. The molecule has 80 valence electrons. The number of halogens is 9. The molecule has 13 heavy (non-hydrogen) atoms. The first-order chi connectivity index (χ1) is 5.44. The summed E-state index contributed by atoms with van der Waals surface area (Å²) in [5.74, 6) is -4.87. The molecule has 0 spiro atoms. The largest absolute Gasteiger partial charge is 0.455 e. The summed E-state index contributed by atoms with van der Waals surface area (Å²) < 4.78 is 57.3. The molecule has 0 rings (SSSR count). The molecule has 0 nitrogen and oxygen atoms in total. The zero-order chi connectivity index (χ0) is 11.1. The van der Waals surface area contributed by atoms with Crippen LogP contribution >= 0.6 is 70.4 Å². The Bertz CT molecular complexity index is 189. The van der Waals surface area contributed by atoms with Crippen molar-refractivity contribution in [3.8, 4) is 0 Å². The molecule has 0 aliphatic heterocycles. The van der Waals surface area contributed by atoms with Gasteiger partial charge in [0.05, 0.1) is 2.83 Å². The predicted molar refractivity (Wildman–Crippen MR) is 58.3 cm³/mol. The molecule has 0 fully saturated rings. The van der Waals surface area contributed by atoms with E-state index in [0.717, 1.165) is 0 Å². The highest BCUT2D eigenvalue weighted by molar-refractivity contribution is 14.1. The Morgan fingerprint density at radius 2 is 1.31 bits per heavy atom. The highest BCUT2D eigenvalue weighted by Crippen LogP contribution is 2.56. The summed E-state index contributed by atoms with van der Waals surface area (Å²) in [4.78, 5) is 0. The van der Waals surface area contributed by atoms with E-state index in [-0.39, 0.29) is 0 Å². The fourth-order valence-corrected chi connectivity index (χ4v) is 1.45. The second-order valence-corrected chi connectivity index (χ2v) is 9.43. The summed E-state index contributed by atoms with van der Waals surface area (Å²) in [6.45, 7) is 0. The van der Waals surface area contributed by atoms with Crippen molar-refractivity contribution in [1.29, 1.82) is 0 Å². The summed E-state index contributed by atoms with van der Waals surface area (Å²) >= 11 is 8.62. The molecular weight excluding hydrogens is 510 g/mol. The lowest BCUT2D eigenvalue weighted by Gasteiger charge is -2.32. The quantitative estimate of drug-likeness (QED) is 0.284. The molecule has 0 amide bonds. The average molecular weight is 511 g/mol.